The van der Waals surface area contributed by atoms with Crippen LogP contribution in [0, 0.1) is 0 Å². The molecule has 6 nitrogen and oxygen atoms in total. The summed E-state index contributed by atoms with van der Waals surface area (Å²) < 4.78 is 16.4. The van der Waals surface area contributed by atoms with Crippen molar-refractivity contribution in [3.8, 4) is 17.2 Å². The van der Waals surface area contributed by atoms with Crippen LogP contribution in [-0.2, 0) is 0 Å². The number of rotatable bonds is 11. The maximum atomic E-state index is 13.7. The molecular weight excluding hydrogens is 428 g/mol. The number of nitrogens with zero attached hydrogens (tertiary/aromatic N) is 2. The van der Waals surface area contributed by atoms with Gasteiger partial charge in [-0.2, -0.15) is 0 Å². The molecule has 184 valence electrons. The van der Waals surface area contributed by atoms with E-state index in [9.17, 15) is 4.79 Å². The van der Waals surface area contributed by atoms with E-state index in [1.807, 2.05) is 23.1 Å². The zero-order valence-electron chi connectivity index (χ0n) is 21.2. The summed E-state index contributed by atoms with van der Waals surface area (Å²) in [6.07, 6.45) is 6.38. The Bertz CT molecular complexity index is 949. The molecule has 34 heavy (non-hydrogen) atoms. The number of benzene rings is 2. The van der Waals surface area contributed by atoms with Gasteiger partial charge in [-0.1, -0.05) is 42.0 Å². The van der Waals surface area contributed by atoms with Crippen molar-refractivity contribution in [2.24, 2.45) is 0 Å². The number of carbonyl (C=O) groups excluding carboxylic acids is 1. The highest BCUT2D eigenvalue weighted by molar-refractivity contribution is 5.95. The second-order valence-electron chi connectivity index (χ2n) is 8.92. The van der Waals surface area contributed by atoms with Crippen LogP contribution in [-0.4, -0.2) is 69.8 Å². The van der Waals surface area contributed by atoms with Crippen LogP contribution in [0.2, 0.25) is 0 Å². The first-order valence-electron chi connectivity index (χ1n) is 12.0. The molecule has 1 aliphatic rings. The molecule has 3 rings (SSSR count). The quantitative estimate of drug-likeness (QED) is 0.459. The Morgan fingerprint density at radius 3 is 2.29 bits per heavy atom. The molecule has 0 aliphatic carbocycles. The van der Waals surface area contributed by atoms with Crippen LogP contribution in [0.25, 0.3) is 6.08 Å². The van der Waals surface area contributed by atoms with Crippen LogP contribution in [0.3, 0.4) is 0 Å². The van der Waals surface area contributed by atoms with E-state index in [1.165, 1.54) is 24.0 Å². The van der Waals surface area contributed by atoms with Gasteiger partial charge in [0.15, 0.2) is 11.5 Å². The van der Waals surface area contributed by atoms with Gasteiger partial charge in [-0.25, -0.2) is 0 Å². The van der Waals surface area contributed by atoms with Gasteiger partial charge in [-0.05, 0) is 63.9 Å². The predicted molar refractivity (Wildman–Crippen MR) is 137 cm³/mol. The molecule has 1 saturated heterocycles. The summed E-state index contributed by atoms with van der Waals surface area (Å²) in [5, 5.41) is 0. The van der Waals surface area contributed by atoms with Gasteiger partial charge < -0.3 is 24.0 Å². The van der Waals surface area contributed by atoms with Crippen molar-refractivity contribution in [3.05, 3.63) is 59.2 Å². The Balaban J connectivity index is 1.80. The topological polar surface area (TPSA) is 51.2 Å². The smallest absolute Gasteiger partial charge is 0.254 e. The molecular formula is C28H38N2O4. The summed E-state index contributed by atoms with van der Waals surface area (Å²) >= 11 is 0. The van der Waals surface area contributed by atoms with Crippen LogP contribution in [0.4, 0.5) is 0 Å². The van der Waals surface area contributed by atoms with Crippen molar-refractivity contribution in [2.45, 2.75) is 38.6 Å². The molecule has 0 radical (unpaired) electrons. The number of methoxy groups -OCH3 is 3. The maximum absolute atomic E-state index is 13.7. The molecule has 0 spiro atoms. The highest BCUT2D eigenvalue weighted by Gasteiger charge is 2.25. The van der Waals surface area contributed by atoms with E-state index in [0.717, 1.165) is 19.4 Å². The largest absolute Gasteiger partial charge is 0.493 e. The summed E-state index contributed by atoms with van der Waals surface area (Å²) in [7, 11) is 6.87. The third-order valence-corrected chi connectivity index (χ3v) is 6.59. The fraction of sp³-hybridized carbons (Fsp3) is 0.464. The molecule has 6 heteroatoms. The highest BCUT2D eigenvalue weighted by atomic mass is 16.5. The minimum absolute atomic E-state index is 0.0209. The molecule has 2 aromatic rings. The monoisotopic (exact) mass is 466 g/mol. The minimum atomic E-state index is -0.0209. The lowest BCUT2D eigenvalue weighted by Gasteiger charge is -2.27. The fourth-order valence-corrected chi connectivity index (χ4v) is 4.57. The molecule has 1 amide bonds. The first kappa shape index (κ1) is 25.6. The van der Waals surface area contributed by atoms with Gasteiger partial charge in [0, 0.05) is 24.7 Å². The average molecular weight is 467 g/mol. The summed E-state index contributed by atoms with van der Waals surface area (Å²) in [6, 6.07) is 14.3. The van der Waals surface area contributed by atoms with Gasteiger partial charge >= 0.3 is 0 Å². The lowest BCUT2D eigenvalue weighted by Crippen LogP contribution is -2.36. The molecule has 1 unspecified atom stereocenters. The van der Waals surface area contributed by atoms with Crippen LogP contribution in [0.5, 0.6) is 17.2 Å². The van der Waals surface area contributed by atoms with Crippen molar-refractivity contribution in [3.63, 3.8) is 0 Å². The van der Waals surface area contributed by atoms with Gasteiger partial charge in [0.2, 0.25) is 5.75 Å². The van der Waals surface area contributed by atoms with Gasteiger partial charge in [0.25, 0.3) is 5.91 Å². The number of hydrogen-bond donors (Lipinski definition) is 0. The molecule has 1 atom stereocenters. The van der Waals surface area contributed by atoms with Crippen molar-refractivity contribution in [1.29, 1.82) is 0 Å². The van der Waals surface area contributed by atoms with E-state index in [-0.39, 0.29) is 5.91 Å². The summed E-state index contributed by atoms with van der Waals surface area (Å²) in [5.41, 5.74) is 2.96. The van der Waals surface area contributed by atoms with Crippen molar-refractivity contribution in [2.75, 3.05) is 48.0 Å². The van der Waals surface area contributed by atoms with E-state index in [0.29, 0.717) is 41.9 Å². The predicted octanol–water partition coefficient (Wildman–Crippen LogP) is 5.13. The van der Waals surface area contributed by atoms with Gasteiger partial charge in [-0.15, -0.1) is 0 Å². The molecule has 1 fully saturated rings. The Labute approximate surface area is 204 Å². The van der Waals surface area contributed by atoms with Crippen molar-refractivity contribution < 1.29 is 19.0 Å². The zero-order valence-corrected chi connectivity index (χ0v) is 21.2. The average Bonchev–Trinajstić information content (AvgIpc) is 3.27. The van der Waals surface area contributed by atoms with E-state index >= 15 is 0 Å². The van der Waals surface area contributed by atoms with Crippen LogP contribution >= 0.6 is 0 Å². The van der Waals surface area contributed by atoms with E-state index in [4.69, 9.17) is 14.2 Å². The van der Waals surface area contributed by atoms with Crippen molar-refractivity contribution >= 4 is 12.0 Å². The van der Waals surface area contributed by atoms with E-state index in [1.54, 1.807) is 33.5 Å². The number of amides is 1. The number of ether oxygens (including phenoxy) is 3. The minimum Gasteiger partial charge on any atom is -0.493 e. The fourth-order valence-electron chi connectivity index (χ4n) is 4.57. The molecule has 0 aromatic heterocycles. The third kappa shape index (κ3) is 6.54. The summed E-state index contributed by atoms with van der Waals surface area (Å²) in [6.45, 7) is 4.62. The Morgan fingerprint density at radius 2 is 1.74 bits per heavy atom. The first-order valence-corrected chi connectivity index (χ1v) is 12.0. The lowest BCUT2D eigenvalue weighted by molar-refractivity contribution is 0.0743. The third-order valence-electron chi connectivity index (χ3n) is 6.59. The summed E-state index contributed by atoms with van der Waals surface area (Å²) in [4.78, 5) is 18.1. The number of hydrogen-bond acceptors (Lipinski definition) is 5. The molecule has 0 N–H and O–H groups in total. The molecule has 0 bridgehead atoms. The maximum Gasteiger partial charge on any atom is 0.254 e. The van der Waals surface area contributed by atoms with Crippen LogP contribution in [0.1, 0.15) is 48.5 Å². The SMILES string of the molecule is COc1cc(C(=O)N(CC/C(C)=C/c2ccccc2)CCC2CCCN2C)cc(OC)c1OC. The van der Waals surface area contributed by atoms with Crippen LogP contribution in [0.15, 0.2) is 48.0 Å². The second kappa shape index (κ2) is 12.5. The second-order valence-corrected chi connectivity index (χ2v) is 8.92. The molecule has 1 heterocycles. The Kier molecular flexibility index (Phi) is 9.40. The van der Waals surface area contributed by atoms with Crippen molar-refractivity contribution in [1.82, 2.24) is 9.80 Å². The number of likely N-dealkylation sites (tertiary alicyclic amines) is 1. The van der Waals surface area contributed by atoms with Crippen LogP contribution < -0.4 is 14.2 Å². The number of carbonyl (C=O) groups is 1. The van der Waals surface area contributed by atoms with Gasteiger partial charge in [0.1, 0.15) is 0 Å². The van der Waals surface area contributed by atoms with E-state index in [2.05, 4.69) is 37.1 Å². The Morgan fingerprint density at radius 1 is 1.06 bits per heavy atom. The van der Waals surface area contributed by atoms with E-state index < -0.39 is 0 Å². The Hall–Kier alpha value is -2.99. The molecule has 1 aliphatic heterocycles. The molecule has 0 saturated carbocycles. The van der Waals surface area contributed by atoms with Gasteiger partial charge in [-0.3, -0.25) is 4.79 Å². The normalized spacial score (nSPS) is 16.4. The standard InChI is InChI=1S/C28H38N2O4/c1-21(18-22-10-7-6-8-11-22)13-16-30(17-14-24-12-9-15-29(24)2)28(31)23-19-25(32-3)27(34-5)26(20-23)33-4/h6-8,10-11,18-20,24H,9,12-17H2,1-5H3/b21-18+. The zero-order chi connectivity index (χ0) is 24.5. The molecule has 2 aromatic carbocycles. The highest BCUT2D eigenvalue weighted by Crippen LogP contribution is 2.38. The first-order chi connectivity index (χ1) is 16.5. The summed E-state index contributed by atoms with van der Waals surface area (Å²) in [5.74, 6) is 1.44. The lowest BCUT2D eigenvalue weighted by atomic mass is 10.1. The van der Waals surface area contributed by atoms with Gasteiger partial charge in [0.05, 0.1) is 21.3 Å².